The van der Waals surface area contributed by atoms with Crippen molar-refractivity contribution in [2.45, 2.75) is 6.42 Å². The Morgan fingerprint density at radius 2 is 1.77 bits per heavy atom. The van der Waals surface area contributed by atoms with E-state index in [1.165, 1.54) is 6.20 Å². The average Bonchev–Trinajstić information content (AvgIpc) is 2.59. The summed E-state index contributed by atoms with van der Waals surface area (Å²) in [6.07, 6.45) is 1.61. The number of hydrogen-bond donors (Lipinski definition) is 2. The number of nitrogens with zero attached hydrogens (tertiary/aromatic N) is 2. The molecule has 2 heterocycles. The molecule has 1 aliphatic heterocycles. The maximum atomic E-state index is 12.4. The first-order chi connectivity index (χ1) is 11.6. The lowest BCUT2D eigenvalue weighted by Gasteiger charge is -2.27. The molecule has 1 fully saturated rings. The van der Waals surface area contributed by atoms with Crippen LogP contribution in [0.25, 0.3) is 0 Å². The zero-order chi connectivity index (χ0) is 17.1. The number of aromatic nitrogens is 2. The van der Waals surface area contributed by atoms with Crippen LogP contribution >= 0.6 is 48.0 Å². The third-order valence-electron chi connectivity index (χ3n) is 3.89. The van der Waals surface area contributed by atoms with Gasteiger partial charge in [0, 0.05) is 48.8 Å². The standard InChI is InChI=1S/C16H16Cl2N4O2.2ClH/c17-12-2-1-3-13(18)10(12)8-14-20-9-11(15(23)21-14)16(24)22-6-4-19-5-7-22;;/h1-3,9,19H,4-8H2,(H,20,21,23);2*1H. The highest BCUT2D eigenvalue weighted by Crippen LogP contribution is 2.25. The van der Waals surface area contributed by atoms with Crippen LogP contribution in [0.1, 0.15) is 21.7 Å². The molecule has 0 saturated carbocycles. The average molecular weight is 440 g/mol. The molecule has 0 radical (unpaired) electrons. The van der Waals surface area contributed by atoms with Gasteiger partial charge in [0.2, 0.25) is 0 Å². The number of halogens is 4. The number of aromatic amines is 1. The summed E-state index contributed by atoms with van der Waals surface area (Å²) in [5, 5.41) is 4.17. The second kappa shape index (κ2) is 10.1. The SMILES string of the molecule is Cl.Cl.O=C(c1cnc(Cc2c(Cl)cccc2Cl)[nH]c1=O)N1CCNCC1. The molecule has 0 atom stereocenters. The zero-order valence-corrected chi connectivity index (χ0v) is 16.8. The number of hydrogen-bond acceptors (Lipinski definition) is 4. The molecule has 26 heavy (non-hydrogen) atoms. The molecule has 2 aromatic rings. The summed E-state index contributed by atoms with van der Waals surface area (Å²) >= 11 is 12.3. The van der Waals surface area contributed by atoms with Gasteiger partial charge in [-0.3, -0.25) is 9.59 Å². The minimum Gasteiger partial charge on any atom is -0.336 e. The van der Waals surface area contributed by atoms with E-state index in [-0.39, 0.29) is 42.7 Å². The first-order valence-corrected chi connectivity index (χ1v) is 8.33. The summed E-state index contributed by atoms with van der Waals surface area (Å²) in [6.45, 7) is 2.60. The molecule has 1 aliphatic rings. The molecule has 0 bridgehead atoms. The number of amides is 1. The molecule has 2 N–H and O–H groups in total. The van der Waals surface area contributed by atoms with E-state index in [1.807, 2.05) is 0 Å². The van der Waals surface area contributed by atoms with Gasteiger partial charge >= 0.3 is 0 Å². The Morgan fingerprint density at radius 1 is 1.15 bits per heavy atom. The number of H-pyrrole nitrogens is 1. The van der Waals surface area contributed by atoms with E-state index >= 15 is 0 Å². The van der Waals surface area contributed by atoms with Gasteiger partial charge in [-0.25, -0.2) is 4.98 Å². The Bertz CT molecular complexity index is 802. The highest BCUT2D eigenvalue weighted by atomic mass is 35.5. The van der Waals surface area contributed by atoms with Crippen molar-refractivity contribution in [2.75, 3.05) is 26.2 Å². The van der Waals surface area contributed by atoms with Gasteiger partial charge in [0.15, 0.2) is 0 Å². The Morgan fingerprint density at radius 3 is 2.35 bits per heavy atom. The highest BCUT2D eigenvalue weighted by molar-refractivity contribution is 6.36. The van der Waals surface area contributed by atoms with Gasteiger partial charge in [-0.2, -0.15) is 0 Å². The van der Waals surface area contributed by atoms with Crippen molar-refractivity contribution in [3.05, 3.63) is 61.7 Å². The summed E-state index contributed by atoms with van der Waals surface area (Å²) in [6, 6.07) is 5.20. The van der Waals surface area contributed by atoms with E-state index in [4.69, 9.17) is 23.2 Å². The normalized spacial score (nSPS) is 13.5. The highest BCUT2D eigenvalue weighted by Gasteiger charge is 2.21. The van der Waals surface area contributed by atoms with E-state index in [0.29, 0.717) is 34.5 Å². The summed E-state index contributed by atoms with van der Waals surface area (Å²) in [7, 11) is 0. The molecule has 0 aliphatic carbocycles. The van der Waals surface area contributed by atoms with Gasteiger partial charge in [-0.15, -0.1) is 24.8 Å². The van der Waals surface area contributed by atoms with Crippen LogP contribution in [0.5, 0.6) is 0 Å². The summed E-state index contributed by atoms with van der Waals surface area (Å²) < 4.78 is 0. The van der Waals surface area contributed by atoms with Gasteiger partial charge in [-0.1, -0.05) is 29.3 Å². The van der Waals surface area contributed by atoms with Crippen molar-refractivity contribution >= 4 is 53.9 Å². The van der Waals surface area contributed by atoms with Gasteiger partial charge in [0.1, 0.15) is 11.4 Å². The van der Waals surface area contributed by atoms with Crippen molar-refractivity contribution in [1.82, 2.24) is 20.2 Å². The summed E-state index contributed by atoms with van der Waals surface area (Å²) in [5.41, 5.74) is 0.280. The van der Waals surface area contributed by atoms with Crippen molar-refractivity contribution in [1.29, 1.82) is 0 Å². The van der Waals surface area contributed by atoms with Gasteiger partial charge < -0.3 is 15.2 Å². The summed E-state index contributed by atoms with van der Waals surface area (Å²) in [4.78, 5) is 33.1. The number of piperazine rings is 1. The Kier molecular flexibility index (Phi) is 8.86. The van der Waals surface area contributed by atoms with Crippen LogP contribution in [0.15, 0.2) is 29.2 Å². The van der Waals surface area contributed by atoms with Crippen LogP contribution < -0.4 is 10.9 Å². The van der Waals surface area contributed by atoms with E-state index in [1.54, 1.807) is 23.1 Å². The Labute approximate surface area is 173 Å². The van der Waals surface area contributed by atoms with E-state index in [9.17, 15) is 9.59 Å². The second-order valence-electron chi connectivity index (χ2n) is 5.49. The number of carbonyl (C=O) groups is 1. The maximum absolute atomic E-state index is 12.4. The molecule has 1 saturated heterocycles. The molecule has 3 rings (SSSR count). The van der Waals surface area contributed by atoms with Crippen molar-refractivity contribution < 1.29 is 4.79 Å². The second-order valence-corrected chi connectivity index (χ2v) is 6.31. The number of rotatable bonds is 3. The topological polar surface area (TPSA) is 78.1 Å². The largest absolute Gasteiger partial charge is 0.336 e. The van der Waals surface area contributed by atoms with Gasteiger partial charge in [0.25, 0.3) is 11.5 Å². The van der Waals surface area contributed by atoms with E-state index in [0.717, 1.165) is 13.1 Å². The quantitative estimate of drug-likeness (QED) is 0.770. The van der Waals surface area contributed by atoms with Crippen LogP contribution in [-0.4, -0.2) is 47.0 Å². The van der Waals surface area contributed by atoms with Crippen LogP contribution in [0, 0.1) is 0 Å². The number of nitrogens with one attached hydrogen (secondary N) is 2. The zero-order valence-electron chi connectivity index (χ0n) is 13.6. The molecular weight excluding hydrogens is 422 g/mol. The predicted molar refractivity (Wildman–Crippen MR) is 107 cm³/mol. The lowest BCUT2D eigenvalue weighted by molar-refractivity contribution is 0.0733. The molecule has 0 unspecified atom stereocenters. The lowest BCUT2D eigenvalue weighted by atomic mass is 10.1. The molecule has 0 spiro atoms. The van der Waals surface area contributed by atoms with Crippen molar-refractivity contribution in [3.63, 3.8) is 0 Å². The minimum absolute atomic E-state index is 0. The predicted octanol–water partition coefficient (Wildman–Crippen LogP) is 2.56. The molecular formula is C16H18Cl4N4O2. The maximum Gasteiger partial charge on any atom is 0.263 e. The smallest absolute Gasteiger partial charge is 0.263 e. The van der Waals surface area contributed by atoms with E-state index < -0.39 is 5.56 Å². The first kappa shape index (κ1) is 22.7. The Hall–Kier alpha value is -1.31. The fraction of sp³-hybridized carbons (Fsp3) is 0.312. The van der Waals surface area contributed by atoms with Gasteiger partial charge in [0.05, 0.1) is 0 Å². The monoisotopic (exact) mass is 438 g/mol. The van der Waals surface area contributed by atoms with Crippen LogP contribution in [-0.2, 0) is 6.42 Å². The number of benzene rings is 1. The molecule has 1 aromatic heterocycles. The first-order valence-electron chi connectivity index (χ1n) is 7.57. The summed E-state index contributed by atoms with van der Waals surface area (Å²) in [5.74, 6) is 0.111. The Balaban J connectivity index is 0.00000169. The lowest BCUT2D eigenvalue weighted by Crippen LogP contribution is -2.47. The third-order valence-corrected chi connectivity index (χ3v) is 4.60. The van der Waals surface area contributed by atoms with Crippen LogP contribution in [0.3, 0.4) is 0 Å². The van der Waals surface area contributed by atoms with Gasteiger partial charge in [-0.05, 0) is 17.7 Å². The molecule has 10 heteroatoms. The number of carbonyl (C=O) groups excluding carboxylic acids is 1. The molecule has 142 valence electrons. The van der Waals surface area contributed by atoms with Crippen LogP contribution in [0.2, 0.25) is 10.0 Å². The molecule has 6 nitrogen and oxygen atoms in total. The van der Waals surface area contributed by atoms with Crippen LogP contribution in [0.4, 0.5) is 0 Å². The fourth-order valence-electron chi connectivity index (χ4n) is 2.58. The fourth-order valence-corrected chi connectivity index (χ4v) is 3.11. The van der Waals surface area contributed by atoms with Crippen molar-refractivity contribution in [2.24, 2.45) is 0 Å². The molecule has 1 aromatic carbocycles. The van der Waals surface area contributed by atoms with E-state index in [2.05, 4.69) is 15.3 Å². The van der Waals surface area contributed by atoms with Crippen molar-refractivity contribution in [3.8, 4) is 0 Å². The molecule has 1 amide bonds. The third kappa shape index (κ3) is 5.11. The minimum atomic E-state index is -0.452.